The summed E-state index contributed by atoms with van der Waals surface area (Å²) in [4.78, 5) is 7.33. The van der Waals surface area contributed by atoms with Crippen molar-refractivity contribution >= 4 is 5.82 Å². The van der Waals surface area contributed by atoms with Gasteiger partial charge in [0.2, 0.25) is 0 Å². The standard InChI is InChI=1S/C18H31N3/c1-13(2)16-9-15(11-19-18(4,5)6)10-17(20-16)21-8-7-14(3)12-21/h9-10,13-14,19H,7-8,11-12H2,1-6H3. The van der Waals surface area contributed by atoms with E-state index in [2.05, 4.69) is 63.9 Å². The van der Waals surface area contributed by atoms with Crippen LogP contribution >= 0.6 is 0 Å². The highest BCUT2D eigenvalue weighted by Gasteiger charge is 2.21. The molecule has 3 nitrogen and oxygen atoms in total. The molecule has 21 heavy (non-hydrogen) atoms. The zero-order valence-electron chi connectivity index (χ0n) is 14.5. The number of hydrogen-bond donors (Lipinski definition) is 1. The predicted octanol–water partition coefficient (Wildman–Crippen LogP) is 3.94. The largest absolute Gasteiger partial charge is 0.356 e. The summed E-state index contributed by atoms with van der Waals surface area (Å²) >= 11 is 0. The molecule has 0 amide bonds. The molecule has 1 aliphatic heterocycles. The lowest BCUT2D eigenvalue weighted by atomic mass is 10.1. The predicted molar refractivity (Wildman–Crippen MR) is 90.9 cm³/mol. The molecule has 0 radical (unpaired) electrons. The average molecular weight is 289 g/mol. The second kappa shape index (κ2) is 6.35. The molecule has 0 aliphatic carbocycles. The summed E-state index contributed by atoms with van der Waals surface area (Å²) in [5.41, 5.74) is 2.69. The summed E-state index contributed by atoms with van der Waals surface area (Å²) in [6.07, 6.45) is 1.28. The second-order valence-corrected chi connectivity index (χ2v) is 7.86. The van der Waals surface area contributed by atoms with Gasteiger partial charge in [-0.05, 0) is 56.7 Å². The van der Waals surface area contributed by atoms with Crippen LogP contribution < -0.4 is 10.2 Å². The SMILES string of the molecule is CC1CCN(c2cc(CNC(C)(C)C)cc(C(C)C)n2)C1. The highest BCUT2D eigenvalue weighted by atomic mass is 15.2. The Balaban J connectivity index is 2.22. The average Bonchev–Trinajstić information content (AvgIpc) is 2.82. The summed E-state index contributed by atoms with van der Waals surface area (Å²) in [7, 11) is 0. The molecule has 0 aromatic carbocycles. The van der Waals surface area contributed by atoms with E-state index in [0.29, 0.717) is 5.92 Å². The highest BCUT2D eigenvalue weighted by Crippen LogP contribution is 2.25. The Morgan fingerprint density at radius 3 is 2.57 bits per heavy atom. The number of nitrogens with zero attached hydrogens (tertiary/aromatic N) is 2. The third-order valence-corrected chi connectivity index (χ3v) is 4.05. The lowest BCUT2D eigenvalue weighted by Crippen LogP contribution is -2.35. The van der Waals surface area contributed by atoms with Gasteiger partial charge in [-0.2, -0.15) is 0 Å². The van der Waals surface area contributed by atoms with Gasteiger partial charge in [0.15, 0.2) is 0 Å². The molecule has 1 fully saturated rings. The monoisotopic (exact) mass is 289 g/mol. The van der Waals surface area contributed by atoms with Crippen molar-refractivity contribution in [3.05, 3.63) is 23.4 Å². The van der Waals surface area contributed by atoms with Crippen molar-refractivity contribution < 1.29 is 0 Å². The number of anilines is 1. The zero-order valence-corrected chi connectivity index (χ0v) is 14.5. The normalized spacial score (nSPS) is 19.6. The lowest BCUT2D eigenvalue weighted by Gasteiger charge is -2.23. The summed E-state index contributed by atoms with van der Waals surface area (Å²) in [6.45, 7) is 16.6. The number of rotatable bonds is 4. The van der Waals surface area contributed by atoms with Crippen LogP contribution in [0.4, 0.5) is 5.82 Å². The van der Waals surface area contributed by atoms with Crippen molar-refractivity contribution in [2.24, 2.45) is 5.92 Å². The molecular weight excluding hydrogens is 258 g/mol. The zero-order chi connectivity index (χ0) is 15.6. The minimum atomic E-state index is 0.142. The Kier molecular flexibility index (Phi) is 4.92. The van der Waals surface area contributed by atoms with E-state index in [1.807, 2.05) is 0 Å². The fourth-order valence-electron chi connectivity index (χ4n) is 2.66. The molecule has 1 atom stereocenters. The van der Waals surface area contributed by atoms with Crippen molar-refractivity contribution in [2.75, 3.05) is 18.0 Å². The Morgan fingerprint density at radius 1 is 1.33 bits per heavy atom. The molecule has 1 aromatic heterocycles. The molecule has 2 rings (SSSR count). The first-order valence-corrected chi connectivity index (χ1v) is 8.25. The van der Waals surface area contributed by atoms with Gasteiger partial charge in [-0.25, -0.2) is 4.98 Å². The first-order valence-electron chi connectivity index (χ1n) is 8.25. The van der Waals surface area contributed by atoms with E-state index in [1.54, 1.807) is 0 Å². The van der Waals surface area contributed by atoms with Crippen LogP contribution in [0.15, 0.2) is 12.1 Å². The second-order valence-electron chi connectivity index (χ2n) is 7.86. The van der Waals surface area contributed by atoms with E-state index in [-0.39, 0.29) is 5.54 Å². The van der Waals surface area contributed by atoms with Crippen molar-refractivity contribution in [1.82, 2.24) is 10.3 Å². The van der Waals surface area contributed by atoms with Crippen LogP contribution in [0.3, 0.4) is 0 Å². The van der Waals surface area contributed by atoms with Gasteiger partial charge in [-0.15, -0.1) is 0 Å². The van der Waals surface area contributed by atoms with Crippen molar-refractivity contribution in [2.45, 2.75) is 66.0 Å². The van der Waals surface area contributed by atoms with Gasteiger partial charge in [0.25, 0.3) is 0 Å². The fourth-order valence-corrected chi connectivity index (χ4v) is 2.66. The van der Waals surface area contributed by atoms with E-state index in [9.17, 15) is 0 Å². The van der Waals surface area contributed by atoms with E-state index < -0.39 is 0 Å². The molecule has 1 N–H and O–H groups in total. The molecule has 1 aliphatic rings. The summed E-state index contributed by atoms with van der Waals surface area (Å²) in [5.74, 6) is 2.42. The van der Waals surface area contributed by atoms with Gasteiger partial charge < -0.3 is 10.2 Å². The van der Waals surface area contributed by atoms with Crippen LogP contribution in [0, 0.1) is 5.92 Å². The van der Waals surface area contributed by atoms with Gasteiger partial charge in [0.05, 0.1) is 0 Å². The number of pyridine rings is 1. The maximum Gasteiger partial charge on any atom is 0.129 e. The number of nitrogens with one attached hydrogen (secondary N) is 1. The quantitative estimate of drug-likeness (QED) is 0.910. The molecule has 2 heterocycles. The minimum absolute atomic E-state index is 0.142. The molecular formula is C18H31N3. The topological polar surface area (TPSA) is 28.2 Å². The number of hydrogen-bond acceptors (Lipinski definition) is 3. The maximum absolute atomic E-state index is 4.89. The van der Waals surface area contributed by atoms with Crippen LogP contribution in [0.1, 0.15) is 65.1 Å². The van der Waals surface area contributed by atoms with E-state index in [4.69, 9.17) is 4.98 Å². The van der Waals surface area contributed by atoms with E-state index in [0.717, 1.165) is 31.4 Å². The first kappa shape index (κ1) is 16.3. The Hall–Kier alpha value is -1.09. The van der Waals surface area contributed by atoms with Crippen molar-refractivity contribution in [1.29, 1.82) is 0 Å². The summed E-state index contributed by atoms with van der Waals surface area (Å²) in [5, 5.41) is 3.58. The van der Waals surface area contributed by atoms with Gasteiger partial charge >= 0.3 is 0 Å². The fraction of sp³-hybridized carbons (Fsp3) is 0.722. The summed E-state index contributed by atoms with van der Waals surface area (Å²) < 4.78 is 0. The van der Waals surface area contributed by atoms with Gasteiger partial charge in [0.1, 0.15) is 5.82 Å². The molecule has 0 spiro atoms. The third-order valence-electron chi connectivity index (χ3n) is 4.05. The van der Waals surface area contributed by atoms with Crippen molar-refractivity contribution in [3.63, 3.8) is 0 Å². The van der Waals surface area contributed by atoms with E-state index in [1.165, 1.54) is 17.7 Å². The Morgan fingerprint density at radius 2 is 2.05 bits per heavy atom. The van der Waals surface area contributed by atoms with Gasteiger partial charge in [-0.1, -0.05) is 20.8 Å². The third kappa shape index (κ3) is 4.70. The highest BCUT2D eigenvalue weighted by molar-refractivity contribution is 5.44. The molecule has 1 unspecified atom stereocenters. The van der Waals surface area contributed by atoms with Crippen LogP contribution in [0.2, 0.25) is 0 Å². The smallest absolute Gasteiger partial charge is 0.129 e. The van der Waals surface area contributed by atoms with Crippen LogP contribution in [-0.2, 0) is 6.54 Å². The number of aromatic nitrogens is 1. The van der Waals surface area contributed by atoms with Crippen LogP contribution in [0.25, 0.3) is 0 Å². The van der Waals surface area contributed by atoms with Crippen molar-refractivity contribution in [3.8, 4) is 0 Å². The maximum atomic E-state index is 4.89. The van der Waals surface area contributed by atoms with Crippen LogP contribution in [-0.4, -0.2) is 23.6 Å². The van der Waals surface area contributed by atoms with Gasteiger partial charge in [0, 0.05) is 30.9 Å². The van der Waals surface area contributed by atoms with Gasteiger partial charge in [-0.3, -0.25) is 0 Å². The molecule has 3 heteroatoms. The molecule has 0 saturated carbocycles. The lowest BCUT2D eigenvalue weighted by molar-refractivity contribution is 0.424. The minimum Gasteiger partial charge on any atom is -0.356 e. The Labute approximate surface area is 130 Å². The summed E-state index contributed by atoms with van der Waals surface area (Å²) in [6, 6.07) is 4.52. The Bertz CT molecular complexity index is 474. The molecule has 1 saturated heterocycles. The van der Waals surface area contributed by atoms with Crippen LogP contribution in [0.5, 0.6) is 0 Å². The molecule has 0 bridgehead atoms. The molecule has 118 valence electrons. The first-order chi connectivity index (χ1) is 9.74. The molecule has 1 aromatic rings. The van der Waals surface area contributed by atoms with E-state index >= 15 is 0 Å².